The summed E-state index contributed by atoms with van der Waals surface area (Å²) in [5, 5.41) is 0. The summed E-state index contributed by atoms with van der Waals surface area (Å²) in [6, 6.07) is 24.9. The lowest BCUT2D eigenvalue weighted by molar-refractivity contribution is -0.124. The summed E-state index contributed by atoms with van der Waals surface area (Å²) >= 11 is 0. The van der Waals surface area contributed by atoms with Crippen LogP contribution in [0.25, 0.3) is 11.1 Å². The number of amides is 1. The number of Topliss-reactive ketones (excluding diaryl/α,β-unsaturated/α-hetero) is 1. The highest BCUT2D eigenvalue weighted by Gasteiger charge is 2.52. The molecule has 7 heteroatoms. The predicted molar refractivity (Wildman–Crippen MR) is 167 cm³/mol. The van der Waals surface area contributed by atoms with Crippen molar-refractivity contribution < 1.29 is 23.6 Å². The molecule has 3 heterocycles. The predicted octanol–water partition coefficient (Wildman–Crippen LogP) is 6.29. The molecule has 3 fully saturated rings. The van der Waals surface area contributed by atoms with Gasteiger partial charge in [-0.1, -0.05) is 72.8 Å². The lowest BCUT2D eigenvalue weighted by Crippen LogP contribution is -2.48. The van der Waals surface area contributed by atoms with Crippen LogP contribution >= 0.6 is 0 Å². The minimum absolute atomic E-state index is 0.0426. The van der Waals surface area contributed by atoms with Crippen LogP contribution in [0, 0.1) is 5.92 Å². The van der Waals surface area contributed by atoms with Gasteiger partial charge in [0.25, 0.3) is 0 Å². The minimum atomic E-state index is -0.448. The van der Waals surface area contributed by atoms with Crippen molar-refractivity contribution in [2.24, 2.45) is 5.92 Å². The fourth-order valence-corrected chi connectivity index (χ4v) is 7.58. The molecule has 0 spiro atoms. The fourth-order valence-electron chi connectivity index (χ4n) is 7.58. The van der Waals surface area contributed by atoms with E-state index >= 15 is 0 Å². The Morgan fingerprint density at radius 2 is 1.42 bits per heavy atom. The molecule has 43 heavy (non-hydrogen) atoms. The summed E-state index contributed by atoms with van der Waals surface area (Å²) in [6.07, 6.45) is 3.40. The van der Waals surface area contributed by atoms with Crippen LogP contribution in [0.3, 0.4) is 0 Å². The molecule has 0 radical (unpaired) electrons. The maximum absolute atomic E-state index is 13.5. The quantitative estimate of drug-likeness (QED) is 0.323. The van der Waals surface area contributed by atoms with Gasteiger partial charge in [0.2, 0.25) is 0 Å². The van der Waals surface area contributed by atoms with E-state index in [0.717, 1.165) is 23.9 Å². The number of piperidine rings is 1. The molecule has 3 saturated heterocycles. The highest BCUT2D eigenvalue weighted by molar-refractivity contribution is 6.62. The molecule has 1 aliphatic carbocycles. The number of carbonyl (C=O) groups excluding carboxylic acids is 2. The molecule has 2 bridgehead atoms. The van der Waals surface area contributed by atoms with Gasteiger partial charge in [0.1, 0.15) is 12.4 Å². The molecule has 3 aromatic carbocycles. The largest absolute Gasteiger partial charge is 0.494 e. The van der Waals surface area contributed by atoms with Gasteiger partial charge in [0.15, 0.2) is 0 Å². The van der Waals surface area contributed by atoms with Gasteiger partial charge in [-0.3, -0.25) is 4.79 Å². The third kappa shape index (κ3) is 5.00. The maximum Gasteiger partial charge on any atom is 0.494 e. The summed E-state index contributed by atoms with van der Waals surface area (Å²) in [6.45, 7) is 8.50. The molecule has 0 saturated carbocycles. The zero-order valence-electron chi connectivity index (χ0n) is 25.5. The summed E-state index contributed by atoms with van der Waals surface area (Å²) in [7, 11) is -0.448. The third-order valence-electron chi connectivity index (χ3n) is 10.6. The number of carbonyl (C=O) groups is 2. The van der Waals surface area contributed by atoms with E-state index in [4.69, 9.17) is 14.0 Å². The van der Waals surface area contributed by atoms with Crippen LogP contribution in [0.15, 0.2) is 72.8 Å². The molecule has 222 valence electrons. The first kappa shape index (κ1) is 28.4. The Balaban J connectivity index is 0.978. The van der Waals surface area contributed by atoms with Crippen molar-refractivity contribution in [3.05, 3.63) is 89.5 Å². The SMILES string of the molecule is CC1(C)OB(c2cccc(CC(=O)C3CC4CCC(C3)N4C(=O)OCC3c4ccccc4-c4ccccc43)c2)OC1(C)C. The van der Waals surface area contributed by atoms with Gasteiger partial charge < -0.3 is 18.9 Å². The molecule has 1 amide bonds. The summed E-state index contributed by atoms with van der Waals surface area (Å²) in [5.41, 5.74) is 5.96. The number of hydrogen-bond donors (Lipinski definition) is 0. The lowest BCUT2D eigenvalue weighted by atomic mass is 9.77. The zero-order valence-corrected chi connectivity index (χ0v) is 25.5. The Bertz CT molecular complexity index is 1490. The van der Waals surface area contributed by atoms with E-state index in [0.29, 0.717) is 25.9 Å². The second kappa shape index (κ2) is 10.6. The maximum atomic E-state index is 13.5. The van der Waals surface area contributed by atoms with Gasteiger partial charge in [-0.05, 0) is 86.7 Å². The molecule has 4 aliphatic rings. The molecular weight excluding hydrogens is 537 g/mol. The Labute approximate surface area is 254 Å². The van der Waals surface area contributed by atoms with Crippen molar-refractivity contribution in [1.29, 1.82) is 0 Å². The summed E-state index contributed by atoms with van der Waals surface area (Å²) in [4.78, 5) is 28.9. The van der Waals surface area contributed by atoms with Crippen LogP contribution in [0.2, 0.25) is 0 Å². The van der Waals surface area contributed by atoms with Crippen molar-refractivity contribution in [2.45, 2.75) is 89.0 Å². The van der Waals surface area contributed by atoms with Crippen LogP contribution in [0.4, 0.5) is 4.79 Å². The molecule has 7 rings (SSSR count). The molecule has 0 N–H and O–H groups in total. The number of fused-ring (bicyclic) bond motifs is 5. The molecule has 3 aromatic rings. The smallest absolute Gasteiger partial charge is 0.448 e. The van der Waals surface area contributed by atoms with Crippen molar-refractivity contribution in [2.75, 3.05) is 6.61 Å². The van der Waals surface area contributed by atoms with E-state index < -0.39 is 18.3 Å². The number of nitrogens with zero attached hydrogens (tertiary/aromatic N) is 1. The van der Waals surface area contributed by atoms with Crippen molar-refractivity contribution >= 4 is 24.5 Å². The summed E-state index contributed by atoms with van der Waals surface area (Å²) < 4.78 is 18.5. The van der Waals surface area contributed by atoms with E-state index in [-0.39, 0.29) is 35.8 Å². The second-order valence-corrected chi connectivity index (χ2v) is 13.7. The van der Waals surface area contributed by atoms with Crippen LogP contribution < -0.4 is 5.46 Å². The fraction of sp³-hybridized carbons (Fsp3) is 0.444. The van der Waals surface area contributed by atoms with Crippen molar-refractivity contribution in [3.8, 4) is 11.1 Å². The van der Waals surface area contributed by atoms with Gasteiger partial charge in [-0.2, -0.15) is 0 Å². The van der Waals surface area contributed by atoms with E-state index in [9.17, 15) is 9.59 Å². The van der Waals surface area contributed by atoms with Gasteiger partial charge in [0, 0.05) is 30.3 Å². The number of rotatable bonds is 6. The highest BCUT2D eigenvalue weighted by Crippen LogP contribution is 2.45. The van der Waals surface area contributed by atoms with Crippen LogP contribution in [-0.2, 0) is 25.3 Å². The first-order chi connectivity index (χ1) is 20.6. The summed E-state index contributed by atoms with van der Waals surface area (Å²) in [5.74, 6) is 0.242. The van der Waals surface area contributed by atoms with Crippen molar-refractivity contribution in [3.63, 3.8) is 0 Å². The topological polar surface area (TPSA) is 65.1 Å². The van der Waals surface area contributed by atoms with Gasteiger partial charge >= 0.3 is 13.2 Å². The Kier molecular flexibility index (Phi) is 7.02. The first-order valence-electron chi connectivity index (χ1n) is 15.7. The number of hydrogen-bond acceptors (Lipinski definition) is 5. The van der Waals surface area contributed by atoms with E-state index in [2.05, 4.69) is 48.5 Å². The molecule has 6 nitrogen and oxygen atoms in total. The average molecular weight is 578 g/mol. The minimum Gasteiger partial charge on any atom is -0.448 e. The highest BCUT2D eigenvalue weighted by atomic mass is 16.7. The molecule has 2 atom stereocenters. The lowest BCUT2D eigenvalue weighted by Gasteiger charge is -2.37. The van der Waals surface area contributed by atoms with E-state index in [1.54, 1.807) is 0 Å². The van der Waals surface area contributed by atoms with Gasteiger partial charge in [0.05, 0.1) is 11.2 Å². The van der Waals surface area contributed by atoms with Gasteiger partial charge in [-0.15, -0.1) is 0 Å². The Hall–Kier alpha value is -3.42. The normalized spacial score (nSPS) is 25.0. The van der Waals surface area contributed by atoms with Gasteiger partial charge in [-0.25, -0.2) is 4.79 Å². The number of ether oxygens (including phenoxy) is 1. The Morgan fingerprint density at radius 1 is 0.837 bits per heavy atom. The molecule has 0 aromatic heterocycles. The standard InChI is InChI=1S/C36H40BNO5/c1-35(2)36(3,4)43-37(42-35)25-11-9-10-23(18-25)19-33(39)24-20-26-16-17-27(21-24)38(26)34(40)41-22-32-30-14-7-5-12-28(30)29-13-6-8-15-31(29)32/h5-15,18,24,26-27,32H,16-17,19-22H2,1-4H3. The van der Waals surface area contributed by atoms with E-state index in [1.165, 1.54) is 22.3 Å². The number of ketones is 1. The third-order valence-corrected chi connectivity index (χ3v) is 10.6. The Morgan fingerprint density at radius 3 is 2.02 bits per heavy atom. The van der Waals surface area contributed by atoms with E-state index in [1.807, 2.05) is 56.9 Å². The molecule has 3 aliphatic heterocycles. The first-order valence-corrected chi connectivity index (χ1v) is 15.7. The van der Waals surface area contributed by atoms with Crippen LogP contribution in [0.1, 0.15) is 76.0 Å². The second-order valence-electron chi connectivity index (χ2n) is 13.7. The van der Waals surface area contributed by atoms with Crippen LogP contribution in [0.5, 0.6) is 0 Å². The van der Waals surface area contributed by atoms with Crippen LogP contribution in [-0.4, -0.2) is 53.8 Å². The molecule has 2 unspecified atom stereocenters. The zero-order chi connectivity index (χ0) is 29.9. The average Bonchev–Trinajstić information content (AvgIpc) is 3.54. The number of benzene rings is 3. The van der Waals surface area contributed by atoms with Crippen molar-refractivity contribution in [1.82, 2.24) is 4.90 Å². The monoisotopic (exact) mass is 577 g/mol. The molecular formula is C36H40BNO5.